The molecule has 0 radical (unpaired) electrons. The number of nitrogens with zero attached hydrogens (tertiary/aromatic N) is 1. The number of benzene rings is 2. The summed E-state index contributed by atoms with van der Waals surface area (Å²) in [6.07, 6.45) is 0.585. The number of fused-ring (bicyclic) bond motifs is 1. The van der Waals surface area contributed by atoms with Gasteiger partial charge in [0.25, 0.3) is 15.9 Å². The van der Waals surface area contributed by atoms with Gasteiger partial charge in [0.05, 0.1) is 10.6 Å². The first kappa shape index (κ1) is 19.4. The van der Waals surface area contributed by atoms with Crippen molar-refractivity contribution in [3.8, 4) is 0 Å². The van der Waals surface area contributed by atoms with Crippen LogP contribution in [0.25, 0.3) is 0 Å². The third kappa shape index (κ3) is 4.00. The molecule has 1 atom stereocenters. The molecular formula is C21H26N2O3S. The third-order valence-electron chi connectivity index (χ3n) is 4.57. The summed E-state index contributed by atoms with van der Waals surface area (Å²) in [7, 11) is -3.63. The molecule has 1 N–H and O–H groups in total. The van der Waals surface area contributed by atoms with Crippen LogP contribution in [0, 0.1) is 5.41 Å². The molecule has 2 aromatic carbocycles. The molecule has 0 saturated heterocycles. The Kier molecular flexibility index (Phi) is 5.04. The van der Waals surface area contributed by atoms with E-state index in [9.17, 15) is 13.2 Å². The van der Waals surface area contributed by atoms with Crippen LogP contribution in [0.1, 0.15) is 43.6 Å². The molecule has 0 saturated carbocycles. The minimum absolute atomic E-state index is 0.00145. The minimum atomic E-state index is -3.63. The first-order valence-corrected chi connectivity index (χ1v) is 10.5. The van der Waals surface area contributed by atoms with Crippen LogP contribution in [-0.4, -0.2) is 26.9 Å². The Morgan fingerprint density at radius 1 is 1.15 bits per heavy atom. The maximum atomic E-state index is 13.1. The molecule has 3 rings (SSSR count). The summed E-state index contributed by atoms with van der Waals surface area (Å²) in [6, 6.07) is 13.5. The lowest BCUT2D eigenvalue weighted by molar-refractivity contribution is 0.0939. The fourth-order valence-electron chi connectivity index (χ4n) is 3.26. The molecule has 0 unspecified atom stereocenters. The van der Waals surface area contributed by atoms with Crippen LogP contribution in [0.15, 0.2) is 53.4 Å². The summed E-state index contributed by atoms with van der Waals surface area (Å²) in [5.41, 5.74) is 2.09. The quantitative estimate of drug-likeness (QED) is 0.873. The molecule has 0 spiro atoms. The number of carbonyl (C=O) groups is 1. The zero-order valence-electron chi connectivity index (χ0n) is 16.2. The number of hydrogen-bond donors (Lipinski definition) is 1. The van der Waals surface area contributed by atoms with E-state index in [1.807, 2.05) is 13.0 Å². The van der Waals surface area contributed by atoms with Crippen LogP contribution in [0.5, 0.6) is 0 Å². The molecule has 0 aliphatic carbocycles. The van der Waals surface area contributed by atoms with Gasteiger partial charge in [0.1, 0.15) is 0 Å². The highest BCUT2D eigenvalue weighted by atomic mass is 32.2. The van der Waals surface area contributed by atoms with Gasteiger partial charge in [0.2, 0.25) is 0 Å². The molecule has 6 heteroatoms. The summed E-state index contributed by atoms with van der Waals surface area (Å²) >= 11 is 0. The third-order valence-corrected chi connectivity index (χ3v) is 6.52. The van der Waals surface area contributed by atoms with E-state index in [4.69, 9.17) is 0 Å². The van der Waals surface area contributed by atoms with E-state index in [0.29, 0.717) is 24.2 Å². The number of nitrogens with one attached hydrogen (secondary N) is 1. The van der Waals surface area contributed by atoms with Crippen LogP contribution in [0.3, 0.4) is 0 Å². The highest BCUT2D eigenvalue weighted by Gasteiger charge is 2.36. The van der Waals surface area contributed by atoms with Gasteiger partial charge in [-0.25, -0.2) is 8.42 Å². The standard InChI is InChI=1S/C21H26N2O3S/c1-15-12-17-13-16(20(24)22-14-21(2,3)4)10-11-19(17)23(15)27(25,26)18-8-6-5-7-9-18/h5-11,13,15H,12,14H2,1-4H3,(H,22,24)/t15-/m0/s1. The summed E-state index contributed by atoms with van der Waals surface area (Å²) in [5.74, 6) is -0.134. The van der Waals surface area contributed by atoms with E-state index in [-0.39, 0.29) is 22.3 Å². The Morgan fingerprint density at radius 3 is 2.44 bits per heavy atom. The maximum absolute atomic E-state index is 13.1. The van der Waals surface area contributed by atoms with Gasteiger partial charge >= 0.3 is 0 Å². The van der Waals surface area contributed by atoms with Gasteiger partial charge in [-0.3, -0.25) is 9.10 Å². The van der Waals surface area contributed by atoms with Crippen LogP contribution >= 0.6 is 0 Å². The molecule has 2 aromatic rings. The van der Waals surface area contributed by atoms with Crippen LogP contribution in [0.4, 0.5) is 5.69 Å². The Labute approximate surface area is 161 Å². The van der Waals surface area contributed by atoms with E-state index in [0.717, 1.165) is 5.56 Å². The topological polar surface area (TPSA) is 66.5 Å². The van der Waals surface area contributed by atoms with Crippen molar-refractivity contribution in [3.63, 3.8) is 0 Å². The molecule has 144 valence electrons. The van der Waals surface area contributed by atoms with Crippen molar-refractivity contribution in [2.24, 2.45) is 5.41 Å². The predicted molar refractivity (Wildman–Crippen MR) is 108 cm³/mol. The fourth-order valence-corrected chi connectivity index (χ4v) is 4.98. The maximum Gasteiger partial charge on any atom is 0.264 e. The van der Waals surface area contributed by atoms with Crippen LogP contribution in [-0.2, 0) is 16.4 Å². The summed E-state index contributed by atoms with van der Waals surface area (Å²) < 4.78 is 27.6. The second-order valence-electron chi connectivity index (χ2n) is 8.25. The first-order chi connectivity index (χ1) is 12.6. The number of anilines is 1. The Hall–Kier alpha value is -2.34. The van der Waals surface area contributed by atoms with Gasteiger partial charge in [0.15, 0.2) is 0 Å². The molecule has 1 heterocycles. The first-order valence-electron chi connectivity index (χ1n) is 9.10. The lowest BCUT2D eigenvalue weighted by atomic mass is 9.97. The molecule has 1 aliphatic heterocycles. The molecule has 0 bridgehead atoms. The van der Waals surface area contributed by atoms with Crippen molar-refractivity contribution in [3.05, 3.63) is 59.7 Å². The van der Waals surface area contributed by atoms with Gasteiger partial charge in [0, 0.05) is 18.2 Å². The lowest BCUT2D eigenvalue weighted by Crippen LogP contribution is -2.35. The van der Waals surface area contributed by atoms with Gasteiger partial charge in [-0.1, -0.05) is 39.0 Å². The summed E-state index contributed by atoms with van der Waals surface area (Å²) in [4.78, 5) is 12.7. The van der Waals surface area contributed by atoms with Crippen molar-refractivity contribution in [2.75, 3.05) is 10.8 Å². The molecule has 0 aromatic heterocycles. The predicted octanol–water partition coefficient (Wildman–Crippen LogP) is 3.60. The Bertz CT molecular complexity index is 947. The fraction of sp³-hybridized carbons (Fsp3) is 0.381. The van der Waals surface area contributed by atoms with Crippen molar-refractivity contribution in [2.45, 2.75) is 45.1 Å². The molecular weight excluding hydrogens is 360 g/mol. The van der Waals surface area contributed by atoms with Gasteiger partial charge in [-0.05, 0) is 54.7 Å². The molecule has 1 amide bonds. The molecule has 27 heavy (non-hydrogen) atoms. The second-order valence-corrected chi connectivity index (χ2v) is 10.1. The van der Waals surface area contributed by atoms with Crippen molar-refractivity contribution < 1.29 is 13.2 Å². The monoisotopic (exact) mass is 386 g/mol. The number of carbonyl (C=O) groups excluding carboxylic acids is 1. The normalized spacial score (nSPS) is 16.9. The number of sulfonamides is 1. The van der Waals surface area contributed by atoms with Gasteiger partial charge in [-0.2, -0.15) is 0 Å². The number of hydrogen-bond acceptors (Lipinski definition) is 3. The zero-order chi connectivity index (χ0) is 19.8. The van der Waals surface area contributed by atoms with Gasteiger partial charge < -0.3 is 5.32 Å². The number of amides is 1. The van der Waals surface area contributed by atoms with E-state index in [2.05, 4.69) is 26.1 Å². The Morgan fingerprint density at radius 2 is 1.81 bits per heavy atom. The smallest absolute Gasteiger partial charge is 0.264 e. The number of rotatable bonds is 4. The molecule has 0 fully saturated rings. The van der Waals surface area contributed by atoms with Crippen LogP contribution < -0.4 is 9.62 Å². The van der Waals surface area contributed by atoms with E-state index >= 15 is 0 Å². The van der Waals surface area contributed by atoms with E-state index in [1.165, 1.54) is 4.31 Å². The zero-order valence-corrected chi connectivity index (χ0v) is 17.0. The Balaban J connectivity index is 1.89. The summed E-state index contributed by atoms with van der Waals surface area (Å²) in [6.45, 7) is 8.64. The molecule has 5 nitrogen and oxygen atoms in total. The highest BCUT2D eigenvalue weighted by molar-refractivity contribution is 7.92. The average Bonchev–Trinajstić information content (AvgIpc) is 2.95. The lowest BCUT2D eigenvalue weighted by Gasteiger charge is -2.24. The average molecular weight is 387 g/mol. The second kappa shape index (κ2) is 7.00. The van der Waals surface area contributed by atoms with Crippen molar-refractivity contribution in [1.82, 2.24) is 5.32 Å². The van der Waals surface area contributed by atoms with Crippen LogP contribution in [0.2, 0.25) is 0 Å². The van der Waals surface area contributed by atoms with Gasteiger partial charge in [-0.15, -0.1) is 0 Å². The minimum Gasteiger partial charge on any atom is -0.352 e. The largest absolute Gasteiger partial charge is 0.352 e. The SMILES string of the molecule is C[C@H]1Cc2cc(C(=O)NCC(C)(C)C)ccc2N1S(=O)(=O)c1ccccc1. The van der Waals surface area contributed by atoms with Crippen molar-refractivity contribution in [1.29, 1.82) is 0 Å². The molecule has 1 aliphatic rings. The summed E-state index contributed by atoms with van der Waals surface area (Å²) in [5, 5.41) is 2.94. The van der Waals surface area contributed by atoms with E-state index < -0.39 is 10.0 Å². The highest BCUT2D eigenvalue weighted by Crippen LogP contribution is 2.37. The van der Waals surface area contributed by atoms with Crippen molar-refractivity contribution >= 4 is 21.6 Å². The van der Waals surface area contributed by atoms with E-state index in [1.54, 1.807) is 42.5 Å².